The number of ether oxygens (including phenoxy) is 1. The topological polar surface area (TPSA) is 9.23 Å². The molecule has 2 heteroatoms. The van der Waals surface area contributed by atoms with Crippen molar-refractivity contribution < 1.29 is 4.74 Å². The predicted octanol–water partition coefficient (Wildman–Crippen LogP) is 4.22. The average Bonchev–Trinajstić information content (AvgIpc) is 2.40. The van der Waals surface area contributed by atoms with Crippen LogP contribution in [0.15, 0.2) is 54.6 Å². The zero-order valence-electron chi connectivity index (χ0n) is 9.77. The number of para-hydroxylation sites is 1. The highest BCUT2D eigenvalue weighted by molar-refractivity contribution is 6.20. The maximum absolute atomic E-state index is 6.41. The van der Waals surface area contributed by atoms with Gasteiger partial charge in [0.15, 0.2) is 0 Å². The Kier molecular flexibility index (Phi) is 4.05. The minimum atomic E-state index is -0.0208. The van der Waals surface area contributed by atoms with Crippen molar-refractivity contribution in [3.05, 3.63) is 65.7 Å². The summed E-state index contributed by atoms with van der Waals surface area (Å²) < 4.78 is 5.32. The van der Waals surface area contributed by atoms with E-state index in [-0.39, 0.29) is 5.38 Å². The number of rotatable bonds is 4. The Morgan fingerprint density at radius 1 is 1.00 bits per heavy atom. The van der Waals surface area contributed by atoms with Gasteiger partial charge in [-0.3, -0.25) is 0 Å². The molecule has 0 spiro atoms. The zero-order valence-corrected chi connectivity index (χ0v) is 10.5. The second-order valence-electron chi connectivity index (χ2n) is 3.89. The first-order valence-corrected chi connectivity index (χ1v) is 6.06. The van der Waals surface area contributed by atoms with Gasteiger partial charge in [0, 0.05) is 0 Å². The maximum Gasteiger partial charge on any atom is 0.122 e. The Labute approximate surface area is 107 Å². The second-order valence-corrected chi connectivity index (χ2v) is 4.42. The summed E-state index contributed by atoms with van der Waals surface area (Å²) in [5.41, 5.74) is 2.28. The Balaban J connectivity index is 2.16. The van der Waals surface area contributed by atoms with Crippen LogP contribution in [0.5, 0.6) is 5.75 Å². The van der Waals surface area contributed by atoms with E-state index in [9.17, 15) is 0 Å². The molecule has 0 bridgehead atoms. The monoisotopic (exact) mass is 246 g/mol. The van der Waals surface area contributed by atoms with Crippen LogP contribution in [-0.4, -0.2) is 7.11 Å². The molecule has 0 fully saturated rings. The second kappa shape index (κ2) is 5.74. The van der Waals surface area contributed by atoms with E-state index < -0.39 is 0 Å². The third-order valence-corrected chi connectivity index (χ3v) is 3.16. The summed E-state index contributed by atoms with van der Waals surface area (Å²) in [6.07, 6.45) is 0.773. The first-order valence-electron chi connectivity index (χ1n) is 5.62. The highest BCUT2D eigenvalue weighted by Crippen LogP contribution is 2.28. The van der Waals surface area contributed by atoms with Crippen molar-refractivity contribution in [2.45, 2.75) is 11.8 Å². The molecule has 1 nitrogen and oxygen atoms in total. The van der Waals surface area contributed by atoms with E-state index in [1.807, 2.05) is 48.5 Å². The summed E-state index contributed by atoms with van der Waals surface area (Å²) in [7, 11) is 1.69. The molecule has 1 unspecified atom stereocenters. The van der Waals surface area contributed by atoms with Crippen LogP contribution >= 0.6 is 11.6 Å². The van der Waals surface area contributed by atoms with Gasteiger partial charge in [0.2, 0.25) is 0 Å². The van der Waals surface area contributed by atoms with Crippen molar-refractivity contribution in [2.75, 3.05) is 7.11 Å². The third-order valence-electron chi connectivity index (χ3n) is 2.75. The zero-order chi connectivity index (χ0) is 12.1. The maximum atomic E-state index is 6.41. The fourth-order valence-electron chi connectivity index (χ4n) is 1.84. The van der Waals surface area contributed by atoms with Crippen molar-refractivity contribution in [1.29, 1.82) is 0 Å². The van der Waals surface area contributed by atoms with Gasteiger partial charge in [-0.15, -0.1) is 11.6 Å². The number of hydrogen-bond donors (Lipinski definition) is 0. The molecule has 0 radical (unpaired) electrons. The van der Waals surface area contributed by atoms with E-state index in [0.717, 1.165) is 23.3 Å². The molecular formula is C15H15ClO. The Morgan fingerprint density at radius 3 is 2.35 bits per heavy atom. The molecule has 0 aliphatic rings. The quantitative estimate of drug-likeness (QED) is 0.734. The Morgan fingerprint density at radius 2 is 1.65 bits per heavy atom. The lowest BCUT2D eigenvalue weighted by Crippen LogP contribution is -1.98. The molecule has 0 aliphatic heterocycles. The van der Waals surface area contributed by atoms with E-state index in [0.29, 0.717) is 0 Å². The van der Waals surface area contributed by atoms with Crippen molar-refractivity contribution in [3.8, 4) is 5.75 Å². The van der Waals surface area contributed by atoms with Gasteiger partial charge in [-0.25, -0.2) is 0 Å². The molecule has 2 aromatic rings. The van der Waals surface area contributed by atoms with Crippen molar-refractivity contribution in [1.82, 2.24) is 0 Å². The van der Waals surface area contributed by atoms with Gasteiger partial charge in [-0.1, -0.05) is 48.5 Å². The van der Waals surface area contributed by atoms with Crippen molar-refractivity contribution >= 4 is 11.6 Å². The fourth-order valence-corrected chi connectivity index (χ4v) is 2.16. The first kappa shape index (κ1) is 12.0. The molecule has 0 saturated heterocycles. The van der Waals surface area contributed by atoms with Crippen molar-refractivity contribution in [2.24, 2.45) is 0 Å². The van der Waals surface area contributed by atoms with Gasteiger partial charge >= 0.3 is 0 Å². The summed E-state index contributed by atoms with van der Waals surface area (Å²) in [5, 5.41) is -0.0208. The summed E-state index contributed by atoms with van der Waals surface area (Å²) in [6, 6.07) is 18.1. The minimum absolute atomic E-state index is 0.0208. The van der Waals surface area contributed by atoms with Crippen LogP contribution in [0, 0.1) is 0 Å². The number of hydrogen-bond acceptors (Lipinski definition) is 1. The highest BCUT2D eigenvalue weighted by Gasteiger charge is 2.11. The summed E-state index contributed by atoms with van der Waals surface area (Å²) in [4.78, 5) is 0. The highest BCUT2D eigenvalue weighted by atomic mass is 35.5. The van der Waals surface area contributed by atoms with E-state index in [1.54, 1.807) is 7.11 Å². The molecule has 0 aromatic heterocycles. The lowest BCUT2D eigenvalue weighted by atomic mass is 10.0. The molecule has 88 valence electrons. The molecule has 2 aromatic carbocycles. The molecule has 2 rings (SSSR count). The largest absolute Gasteiger partial charge is 0.496 e. The molecular weight excluding hydrogens is 232 g/mol. The predicted molar refractivity (Wildman–Crippen MR) is 71.7 cm³/mol. The number of alkyl halides is 1. The van der Waals surface area contributed by atoms with Crippen molar-refractivity contribution in [3.63, 3.8) is 0 Å². The fraction of sp³-hybridized carbons (Fsp3) is 0.200. The van der Waals surface area contributed by atoms with Crippen LogP contribution in [0.1, 0.15) is 16.5 Å². The molecule has 0 N–H and O–H groups in total. The number of methoxy groups -OCH3 is 1. The lowest BCUT2D eigenvalue weighted by Gasteiger charge is -2.12. The van der Waals surface area contributed by atoms with Gasteiger partial charge in [0.25, 0.3) is 0 Å². The van der Waals surface area contributed by atoms with Gasteiger partial charge < -0.3 is 4.74 Å². The average molecular weight is 247 g/mol. The first-order chi connectivity index (χ1) is 8.31. The molecule has 17 heavy (non-hydrogen) atoms. The van der Waals surface area contributed by atoms with Crippen LogP contribution in [0.25, 0.3) is 0 Å². The molecule has 0 heterocycles. The number of benzene rings is 2. The molecule has 0 aliphatic carbocycles. The van der Waals surface area contributed by atoms with Crippen LogP contribution in [0.4, 0.5) is 0 Å². The van der Waals surface area contributed by atoms with E-state index >= 15 is 0 Å². The molecule has 0 amide bonds. The van der Waals surface area contributed by atoms with Gasteiger partial charge in [-0.2, -0.15) is 0 Å². The van der Waals surface area contributed by atoms with Gasteiger partial charge in [0.05, 0.1) is 12.5 Å². The Bertz CT molecular complexity index is 467. The van der Waals surface area contributed by atoms with Crippen LogP contribution in [-0.2, 0) is 6.42 Å². The minimum Gasteiger partial charge on any atom is -0.496 e. The molecule has 0 saturated carbocycles. The standard InChI is InChI=1S/C15H15ClO/c1-17-15-10-6-5-9-13(15)11-14(16)12-7-3-2-4-8-12/h2-10,14H,11H2,1H3. The number of halogens is 1. The van der Waals surface area contributed by atoms with Crippen LogP contribution in [0.3, 0.4) is 0 Å². The summed E-state index contributed by atoms with van der Waals surface area (Å²) in [5.74, 6) is 0.897. The normalized spacial score (nSPS) is 12.1. The van der Waals surface area contributed by atoms with Gasteiger partial charge in [-0.05, 0) is 23.6 Å². The summed E-state index contributed by atoms with van der Waals surface area (Å²) in [6.45, 7) is 0. The molecule has 1 atom stereocenters. The van der Waals surface area contributed by atoms with E-state index in [1.165, 1.54) is 0 Å². The third kappa shape index (κ3) is 3.01. The van der Waals surface area contributed by atoms with Crippen LogP contribution < -0.4 is 4.74 Å². The summed E-state index contributed by atoms with van der Waals surface area (Å²) >= 11 is 6.41. The van der Waals surface area contributed by atoms with Crippen LogP contribution in [0.2, 0.25) is 0 Å². The van der Waals surface area contributed by atoms with E-state index in [4.69, 9.17) is 16.3 Å². The van der Waals surface area contributed by atoms with E-state index in [2.05, 4.69) is 6.07 Å². The lowest BCUT2D eigenvalue weighted by molar-refractivity contribution is 0.409. The van der Waals surface area contributed by atoms with Gasteiger partial charge in [0.1, 0.15) is 5.75 Å². The Hall–Kier alpha value is -1.47. The SMILES string of the molecule is COc1ccccc1CC(Cl)c1ccccc1. The smallest absolute Gasteiger partial charge is 0.122 e.